The highest BCUT2D eigenvalue weighted by Gasteiger charge is 2.46. The van der Waals surface area contributed by atoms with E-state index in [1.165, 1.54) is 0 Å². The molecule has 0 saturated carbocycles. The van der Waals surface area contributed by atoms with Crippen LogP contribution in [0.15, 0.2) is 0 Å². The molecular formula is C12H20N2O2. The van der Waals surface area contributed by atoms with Gasteiger partial charge in [0.2, 0.25) is 0 Å². The van der Waals surface area contributed by atoms with Crippen LogP contribution < -0.4 is 5.32 Å². The molecule has 3 aliphatic heterocycles. The lowest BCUT2D eigenvalue weighted by molar-refractivity contribution is -0.143. The lowest BCUT2D eigenvalue weighted by Gasteiger charge is -2.29. The van der Waals surface area contributed by atoms with E-state index in [-0.39, 0.29) is 12.0 Å². The van der Waals surface area contributed by atoms with E-state index in [0.717, 1.165) is 39.0 Å². The molecule has 0 spiro atoms. The number of hydrogen-bond donors (Lipinski definition) is 1. The number of likely N-dealkylation sites (tertiary alicyclic amines) is 1. The Balaban J connectivity index is 1.74. The van der Waals surface area contributed by atoms with E-state index >= 15 is 0 Å². The Bertz CT molecular complexity index is 289. The van der Waals surface area contributed by atoms with Crippen molar-refractivity contribution in [3.05, 3.63) is 0 Å². The van der Waals surface area contributed by atoms with Crippen LogP contribution in [-0.2, 0) is 9.53 Å². The zero-order valence-corrected chi connectivity index (χ0v) is 9.82. The van der Waals surface area contributed by atoms with E-state index in [4.69, 9.17) is 4.74 Å². The highest BCUT2D eigenvalue weighted by molar-refractivity contribution is 5.82. The summed E-state index contributed by atoms with van der Waals surface area (Å²) in [5, 5.41) is 3.39. The van der Waals surface area contributed by atoms with Crippen LogP contribution >= 0.6 is 0 Å². The minimum absolute atomic E-state index is 0.151. The zero-order valence-electron chi connectivity index (χ0n) is 9.82. The molecule has 1 N–H and O–H groups in total. The van der Waals surface area contributed by atoms with Gasteiger partial charge in [-0.25, -0.2) is 0 Å². The van der Waals surface area contributed by atoms with Gasteiger partial charge >= 0.3 is 0 Å². The van der Waals surface area contributed by atoms with Gasteiger partial charge in [-0.15, -0.1) is 0 Å². The van der Waals surface area contributed by atoms with Crippen LogP contribution in [0.3, 0.4) is 0 Å². The quantitative estimate of drug-likeness (QED) is 0.700. The fourth-order valence-electron chi connectivity index (χ4n) is 3.48. The Morgan fingerprint density at radius 1 is 1.44 bits per heavy atom. The number of hydrogen-bond acceptors (Lipinski definition) is 3. The Labute approximate surface area is 96.3 Å². The Morgan fingerprint density at radius 2 is 2.31 bits per heavy atom. The standard InChI is InChI=1S/C12H20N2O2/c1-8-5-9-6-13-7-10(9)14(8)12(15)11-3-2-4-16-11/h8-11,13H,2-7H2,1H3. The van der Waals surface area contributed by atoms with Crippen LogP contribution in [-0.4, -0.2) is 48.7 Å². The Hall–Kier alpha value is -0.610. The van der Waals surface area contributed by atoms with Crippen LogP contribution in [0.25, 0.3) is 0 Å². The average molecular weight is 224 g/mol. The number of amides is 1. The van der Waals surface area contributed by atoms with Gasteiger partial charge in [0.25, 0.3) is 5.91 Å². The van der Waals surface area contributed by atoms with Gasteiger partial charge in [0.1, 0.15) is 6.10 Å². The molecule has 3 rings (SSSR count). The lowest BCUT2D eigenvalue weighted by atomic mass is 10.0. The molecule has 0 bridgehead atoms. The van der Waals surface area contributed by atoms with Gasteiger partial charge in [-0.2, -0.15) is 0 Å². The van der Waals surface area contributed by atoms with E-state index in [0.29, 0.717) is 18.0 Å². The smallest absolute Gasteiger partial charge is 0.252 e. The highest BCUT2D eigenvalue weighted by Crippen LogP contribution is 2.33. The van der Waals surface area contributed by atoms with E-state index in [9.17, 15) is 4.79 Å². The monoisotopic (exact) mass is 224 g/mol. The first-order valence-corrected chi connectivity index (χ1v) is 6.42. The molecule has 0 aromatic carbocycles. The number of ether oxygens (including phenoxy) is 1. The lowest BCUT2D eigenvalue weighted by Crippen LogP contribution is -2.47. The molecule has 90 valence electrons. The summed E-state index contributed by atoms with van der Waals surface area (Å²) in [7, 11) is 0. The molecule has 3 heterocycles. The van der Waals surface area contributed by atoms with Crippen molar-refractivity contribution in [1.82, 2.24) is 10.2 Å². The number of nitrogens with zero attached hydrogens (tertiary/aromatic N) is 1. The molecule has 3 fully saturated rings. The molecule has 0 aromatic rings. The third-order valence-electron chi connectivity index (χ3n) is 4.24. The maximum Gasteiger partial charge on any atom is 0.252 e. The molecule has 16 heavy (non-hydrogen) atoms. The second-order valence-corrected chi connectivity index (χ2v) is 5.32. The van der Waals surface area contributed by atoms with Crippen LogP contribution in [0, 0.1) is 5.92 Å². The van der Waals surface area contributed by atoms with E-state index in [1.54, 1.807) is 0 Å². The van der Waals surface area contributed by atoms with E-state index in [1.807, 2.05) is 0 Å². The molecule has 3 aliphatic rings. The molecule has 4 nitrogen and oxygen atoms in total. The first kappa shape index (κ1) is 10.5. The molecule has 3 saturated heterocycles. The van der Waals surface area contributed by atoms with Crippen molar-refractivity contribution < 1.29 is 9.53 Å². The third kappa shape index (κ3) is 1.55. The van der Waals surface area contributed by atoms with Crippen molar-refractivity contribution >= 4 is 5.91 Å². The largest absolute Gasteiger partial charge is 0.368 e. The molecule has 4 unspecified atom stereocenters. The van der Waals surface area contributed by atoms with Crippen molar-refractivity contribution in [3.8, 4) is 0 Å². The summed E-state index contributed by atoms with van der Waals surface area (Å²) >= 11 is 0. The first-order chi connectivity index (χ1) is 7.77. The number of rotatable bonds is 1. The summed E-state index contributed by atoms with van der Waals surface area (Å²) in [6.45, 7) is 4.97. The Morgan fingerprint density at radius 3 is 3.06 bits per heavy atom. The fourth-order valence-corrected chi connectivity index (χ4v) is 3.48. The first-order valence-electron chi connectivity index (χ1n) is 6.42. The van der Waals surface area contributed by atoms with Crippen LogP contribution in [0.1, 0.15) is 26.2 Å². The summed E-state index contributed by atoms with van der Waals surface area (Å²) in [4.78, 5) is 14.5. The summed E-state index contributed by atoms with van der Waals surface area (Å²) in [6.07, 6.45) is 2.94. The third-order valence-corrected chi connectivity index (χ3v) is 4.24. The predicted molar refractivity (Wildman–Crippen MR) is 60.0 cm³/mol. The number of nitrogens with one attached hydrogen (secondary N) is 1. The zero-order chi connectivity index (χ0) is 11.1. The van der Waals surface area contributed by atoms with Gasteiger partial charge in [0.15, 0.2) is 0 Å². The summed E-state index contributed by atoms with van der Waals surface area (Å²) in [5.74, 6) is 0.904. The number of fused-ring (bicyclic) bond motifs is 1. The van der Waals surface area contributed by atoms with Gasteiger partial charge in [0.05, 0.1) is 0 Å². The average Bonchev–Trinajstić information content (AvgIpc) is 2.89. The minimum Gasteiger partial charge on any atom is -0.368 e. The highest BCUT2D eigenvalue weighted by atomic mass is 16.5. The topological polar surface area (TPSA) is 41.6 Å². The van der Waals surface area contributed by atoms with Crippen molar-refractivity contribution in [2.75, 3.05) is 19.7 Å². The van der Waals surface area contributed by atoms with Crippen LogP contribution in [0.2, 0.25) is 0 Å². The van der Waals surface area contributed by atoms with Gasteiger partial charge in [0, 0.05) is 31.8 Å². The van der Waals surface area contributed by atoms with Crippen molar-refractivity contribution in [3.63, 3.8) is 0 Å². The fraction of sp³-hybridized carbons (Fsp3) is 0.917. The van der Waals surface area contributed by atoms with E-state index in [2.05, 4.69) is 17.1 Å². The normalized spacial score (nSPS) is 42.7. The molecule has 0 radical (unpaired) electrons. The van der Waals surface area contributed by atoms with Crippen LogP contribution in [0.5, 0.6) is 0 Å². The SMILES string of the molecule is CC1CC2CNCC2N1C(=O)C1CCCO1. The van der Waals surface area contributed by atoms with Gasteiger partial charge in [-0.1, -0.05) is 0 Å². The van der Waals surface area contributed by atoms with Gasteiger partial charge in [-0.3, -0.25) is 4.79 Å². The maximum atomic E-state index is 12.4. The molecular weight excluding hydrogens is 204 g/mol. The molecule has 4 heteroatoms. The van der Waals surface area contributed by atoms with Gasteiger partial charge < -0.3 is 15.0 Å². The van der Waals surface area contributed by atoms with Crippen LogP contribution in [0.4, 0.5) is 0 Å². The number of carbonyl (C=O) groups excluding carboxylic acids is 1. The van der Waals surface area contributed by atoms with Crippen molar-refractivity contribution in [1.29, 1.82) is 0 Å². The summed E-state index contributed by atoms with van der Waals surface area (Å²) in [5.41, 5.74) is 0. The van der Waals surface area contributed by atoms with Crippen molar-refractivity contribution in [2.24, 2.45) is 5.92 Å². The van der Waals surface area contributed by atoms with Crippen molar-refractivity contribution in [2.45, 2.75) is 44.4 Å². The molecule has 4 atom stereocenters. The Kier molecular flexibility index (Phi) is 2.64. The second kappa shape index (κ2) is 4.00. The second-order valence-electron chi connectivity index (χ2n) is 5.32. The molecule has 1 amide bonds. The van der Waals surface area contributed by atoms with E-state index < -0.39 is 0 Å². The summed E-state index contributed by atoms with van der Waals surface area (Å²) < 4.78 is 5.51. The maximum absolute atomic E-state index is 12.4. The minimum atomic E-state index is -0.151. The predicted octanol–water partition coefficient (Wildman–Crippen LogP) is 0.374. The molecule has 0 aromatic heterocycles. The van der Waals surface area contributed by atoms with Gasteiger partial charge in [-0.05, 0) is 32.1 Å². The number of carbonyl (C=O) groups is 1. The molecule has 0 aliphatic carbocycles. The summed E-state index contributed by atoms with van der Waals surface area (Å²) in [6, 6.07) is 0.820.